The van der Waals surface area contributed by atoms with Crippen molar-refractivity contribution in [1.82, 2.24) is 4.57 Å². The van der Waals surface area contributed by atoms with E-state index in [2.05, 4.69) is 0 Å². The Morgan fingerprint density at radius 2 is 1.89 bits per heavy atom. The van der Waals surface area contributed by atoms with Gasteiger partial charge in [-0.25, -0.2) is 4.79 Å². The van der Waals surface area contributed by atoms with Gasteiger partial charge in [0.1, 0.15) is 0 Å². The highest BCUT2D eigenvalue weighted by molar-refractivity contribution is 5.76. The summed E-state index contributed by atoms with van der Waals surface area (Å²) in [5.41, 5.74) is 8.89. The molecule has 0 saturated carbocycles. The van der Waals surface area contributed by atoms with Gasteiger partial charge in [0.25, 0.3) is 0 Å². The van der Waals surface area contributed by atoms with Crippen molar-refractivity contribution in [2.45, 2.75) is 13.0 Å². The number of nitrogens with zero attached hydrogens (tertiary/aromatic N) is 1. The van der Waals surface area contributed by atoms with E-state index in [9.17, 15) is 4.79 Å². The molecule has 1 aromatic heterocycles. The van der Waals surface area contributed by atoms with Crippen LogP contribution in [0.25, 0.3) is 11.1 Å². The van der Waals surface area contributed by atoms with Gasteiger partial charge in [-0.1, -0.05) is 30.3 Å². The number of nitrogen functional groups attached to an aromatic ring is 1. The molecule has 1 heterocycles. The molecule has 0 fully saturated rings. The van der Waals surface area contributed by atoms with Crippen LogP contribution in [-0.2, 0) is 13.0 Å². The molecule has 96 valence electrons. The minimum atomic E-state index is -0.337. The van der Waals surface area contributed by atoms with E-state index in [1.165, 1.54) is 5.56 Å². The largest absolute Gasteiger partial charge is 0.419 e. The number of fused-ring (bicyclic) bond motifs is 1. The molecule has 4 nitrogen and oxygen atoms in total. The average Bonchev–Trinajstić information content (AvgIpc) is 2.73. The highest BCUT2D eigenvalue weighted by Crippen LogP contribution is 2.16. The summed E-state index contributed by atoms with van der Waals surface area (Å²) in [6, 6.07) is 15.3. The normalized spacial score (nSPS) is 10.9. The topological polar surface area (TPSA) is 61.2 Å². The van der Waals surface area contributed by atoms with Gasteiger partial charge in [0, 0.05) is 12.2 Å². The first-order chi connectivity index (χ1) is 9.24. The van der Waals surface area contributed by atoms with E-state index in [1.807, 2.05) is 30.3 Å². The lowest BCUT2D eigenvalue weighted by molar-refractivity contribution is 0.505. The van der Waals surface area contributed by atoms with Crippen LogP contribution in [0.2, 0.25) is 0 Å². The van der Waals surface area contributed by atoms with Crippen LogP contribution in [0.3, 0.4) is 0 Å². The second-order valence-corrected chi connectivity index (χ2v) is 4.48. The summed E-state index contributed by atoms with van der Waals surface area (Å²) in [6.07, 6.45) is 0.782. The van der Waals surface area contributed by atoms with E-state index in [4.69, 9.17) is 10.2 Å². The lowest BCUT2D eigenvalue weighted by Gasteiger charge is -2.03. The monoisotopic (exact) mass is 254 g/mol. The van der Waals surface area contributed by atoms with Crippen LogP contribution >= 0.6 is 0 Å². The zero-order valence-corrected chi connectivity index (χ0v) is 10.4. The molecule has 0 radical (unpaired) electrons. The Morgan fingerprint density at radius 1 is 1.11 bits per heavy atom. The smallest absolute Gasteiger partial charge is 0.408 e. The van der Waals surface area contributed by atoms with Gasteiger partial charge >= 0.3 is 5.76 Å². The molecule has 0 aliphatic rings. The van der Waals surface area contributed by atoms with Gasteiger partial charge in [0.15, 0.2) is 5.58 Å². The van der Waals surface area contributed by atoms with E-state index in [-0.39, 0.29) is 5.76 Å². The minimum Gasteiger partial charge on any atom is -0.408 e. The maximum Gasteiger partial charge on any atom is 0.419 e. The maximum atomic E-state index is 11.8. The fourth-order valence-electron chi connectivity index (χ4n) is 2.18. The molecule has 2 N–H and O–H groups in total. The van der Waals surface area contributed by atoms with Crippen molar-refractivity contribution in [3.63, 3.8) is 0 Å². The van der Waals surface area contributed by atoms with E-state index >= 15 is 0 Å². The molecule has 3 rings (SSSR count). The van der Waals surface area contributed by atoms with Gasteiger partial charge in [-0.3, -0.25) is 4.57 Å². The quantitative estimate of drug-likeness (QED) is 0.730. The van der Waals surface area contributed by atoms with Crippen molar-refractivity contribution >= 4 is 16.8 Å². The standard InChI is InChI=1S/C15H14N2O2/c16-12-6-7-14-13(10-12)17(15(18)19-14)9-8-11-4-2-1-3-5-11/h1-7,10H,8-9,16H2. The van der Waals surface area contributed by atoms with Gasteiger partial charge in [-0.15, -0.1) is 0 Å². The Balaban J connectivity index is 1.94. The SMILES string of the molecule is Nc1ccc2oc(=O)n(CCc3ccccc3)c2c1. The van der Waals surface area contributed by atoms with Crippen LogP contribution < -0.4 is 11.5 Å². The fourth-order valence-corrected chi connectivity index (χ4v) is 2.18. The summed E-state index contributed by atoms with van der Waals surface area (Å²) < 4.78 is 6.82. The third-order valence-corrected chi connectivity index (χ3v) is 3.16. The Morgan fingerprint density at radius 3 is 2.68 bits per heavy atom. The molecule has 0 bridgehead atoms. The molecule has 4 heteroatoms. The molecule has 0 spiro atoms. The van der Waals surface area contributed by atoms with E-state index < -0.39 is 0 Å². The van der Waals surface area contributed by atoms with Gasteiger partial charge in [0.2, 0.25) is 0 Å². The maximum absolute atomic E-state index is 11.8. The van der Waals surface area contributed by atoms with Crippen molar-refractivity contribution in [3.05, 3.63) is 64.6 Å². The predicted octanol–water partition coefficient (Wildman–Crippen LogP) is 2.42. The Kier molecular flexibility index (Phi) is 2.83. The van der Waals surface area contributed by atoms with E-state index in [0.717, 1.165) is 11.9 Å². The molecule has 0 aliphatic carbocycles. The number of hydrogen-bond acceptors (Lipinski definition) is 3. The highest BCUT2D eigenvalue weighted by atomic mass is 16.4. The molecule has 19 heavy (non-hydrogen) atoms. The lowest BCUT2D eigenvalue weighted by atomic mass is 10.1. The number of aryl methyl sites for hydroxylation is 2. The molecule has 0 amide bonds. The van der Waals surface area contributed by atoms with Crippen LogP contribution in [0, 0.1) is 0 Å². The Labute approximate surface area is 110 Å². The van der Waals surface area contributed by atoms with E-state index in [0.29, 0.717) is 17.8 Å². The van der Waals surface area contributed by atoms with Gasteiger partial charge < -0.3 is 10.2 Å². The molecule has 2 aromatic carbocycles. The zero-order valence-electron chi connectivity index (χ0n) is 10.4. The molecule has 3 aromatic rings. The summed E-state index contributed by atoms with van der Waals surface area (Å²) in [5.74, 6) is -0.337. The van der Waals surface area contributed by atoms with Gasteiger partial charge in [-0.2, -0.15) is 0 Å². The second-order valence-electron chi connectivity index (χ2n) is 4.48. The molecular formula is C15H14N2O2. The average molecular weight is 254 g/mol. The fraction of sp³-hybridized carbons (Fsp3) is 0.133. The number of oxazole rings is 1. The third kappa shape index (κ3) is 2.25. The van der Waals surface area contributed by atoms with Crippen LogP contribution in [0.4, 0.5) is 5.69 Å². The van der Waals surface area contributed by atoms with Crippen LogP contribution in [-0.4, -0.2) is 4.57 Å². The molecule has 0 unspecified atom stereocenters. The van der Waals surface area contributed by atoms with Crippen molar-refractivity contribution < 1.29 is 4.42 Å². The summed E-state index contributed by atoms with van der Waals surface area (Å²) in [7, 11) is 0. The van der Waals surface area contributed by atoms with Crippen LogP contribution in [0.1, 0.15) is 5.56 Å². The third-order valence-electron chi connectivity index (χ3n) is 3.16. The number of aromatic nitrogens is 1. The van der Waals surface area contributed by atoms with Gasteiger partial charge in [0.05, 0.1) is 5.52 Å². The van der Waals surface area contributed by atoms with Crippen molar-refractivity contribution in [3.8, 4) is 0 Å². The zero-order chi connectivity index (χ0) is 13.2. The number of rotatable bonds is 3. The van der Waals surface area contributed by atoms with Crippen molar-refractivity contribution in [2.75, 3.05) is 5.73 Å². The molecular weight excluding hydrogens is 240 g/mol. The van der Waals surface area contributed by atoms with Crippen molar-refractivity contribution in [2.24, 2.45) is 0 Å². The lowest BCUT2D eigenvalue weighted by Crippen LogP contribution is -2.15. The van der Waals surface area contributed by atoms with E-state index in [1.54, 1.807) is 22.8 Å². The second kappa shape index (κ2) is 4.65. The Hall–Kier alpha value is -2.49. The minimum absolute atomic E-state index is 0.337. The van der Waals surface area contributed by atoms with Crippen molar-refractivity contribution in [1.29, 1.82) is 0 Å². The Bertz CT molecular complexity index is 757. The number of anilines is 1. The van der Waals surface area contributed by atoms with Crippen LogP contribution in [0.15, 0.2) is 57.7 Å². The first-order valence-electron chi connectivity index (χ1n) is 6.17. The first-order valence-corrected chi connectivity index (χ1v) is 6.17. The number of benzene rings is 2. The first kappa shape index (κ1) is 11.6. The number of hydrogen-bond donors (Lipinski definition) is 1. The summed E-state index contributed by atoms with van der Waals surface area (Å²) in [6.45, 7) is 0.583. The summed E-state index contributed by atoms with van der Waals surface area (Å²) >= 11 is 0. The van der Waals surface area contributed by atoms with Gasteiger partial charge in [-0.05, 0) is 30.2 Å². The molecule has 0 saturated heterocycles. The molecule has 0 aliphatic heterocycles. The molecule has 0 atom stereocenters. The number of nitrogens with two attached hydrogens (primary N) is 1. The van der Waals surface area contributed by atoms with Crippen LogP contribution in [0.5, 0.6) is 0 Å². The summed E-state index contributed by atoms with van der Waals surface area (Å²) in [4.78, 5) is 11.8. The highest BCUT2D eigenvalue weighted by Gasteiger charge is 2.09. The summed E-state index contributed by atoms with van der Waals surface area (Å²) in [5, 5.41) is 0. The predicted molar refractivity (Wildman–Crippen MR) is 75.0 cm³/mol.